The molecule has 1 amide bonds. The van der Waals surface area contributed by atoms with E-state index in [1.165, 1.54) is 6.07 Å². The van der Waals surface area contributed by atoms with Crippen molar-refractivity contribution in [3.63, 3.8) is 0 Å². The van der Waals surface area contributed by atoms with E-state index in [9.17, 15) is 9.90 Å². The highest BCUT2D eigenvalue weighted by Gasteiger charge is 2.11. The van der Waals surface area contributed by atoms with Gasteiger partial charge in [0.1, 0.15) is 11.5 Å². The molecule has 2 aromatic rings. The van der Waals surface area contributed by atoms with Crippen LogP contribution >= 0.6 is 15.9 Å². The van der Waals surface area contributed by atoms with Crippen LogP contribution in [0.3, 0.4) is 0 Å². The number of amides is 1. The van der Waals surface area contributed by atoms with Gasteiger partial charge in [-0.1, -0.05) is 15.9 Å². The van der Waals surface area contributed by atoms with Crippen LogP contribution < -0.4 is 10.1 Å². The summed E-state index contributed by atoms with van der Waals surface area (Å²) in [5, 5.41) is 12.5. The quantitative estimate of drug-likeness (QED) is 0.893. The normalized spacial score (nSPS) is 10.1. The number of phenols is 1. The van der Waals surface area contributed by atoms with Crippen molar-refractivity contribution in [2.45, 2.75) is 6.92 Å². The Morgan fingerprint density at radius 3 is 2.55 bits per heavy atom. The lowest BCUT2D eigenvalue weighted by Crippen LogP contribution is -2.11. The van der Waals surface area contributed by atoms with Crippen molar-refractivity contribution >= 4 is 27.5 Å². The highest BCUT2D eigenvalue weighted by atomic mass is 79.9. The molecule has 104 valence electrons. The first-order valence-corrected chi connectivity index (χ1v) is 6.92. The molecule has 5 heteroatoms. The molecule has 0 fully saturated rings. The molecule has 0 radical (unpaired) electrons. The third kappa shape index (κ3) is 3.51. The van der Waals surface area contributed by atoms with Crippen LogP contribution in [-0.2, 0) is 0 Å². The van der Waals surface area contributed by atoms with E-state index in [-0.39, 0.29) is 17.2 Å². The number of nitrogens with one attached hydrogen (secondary N) is 1. The molecule has 0 heterocycles. The molecule has 0 saturated carbocycles. The standard InChI is InChI=1S/C15H14BrNO3/c1-2-20-12-6-4-11(5-7-12)17-15(19)13-8-3-10(16)9-14(13)18/h3-9,18H,2H2,1H3,(H,17,19). The Morgan fingerprint density at radius 2 is 1.95 bits per heavy atom. The molecule has 0 aliphatic heterocycles. The summed E-state index contributed by atoms with van der Waals surface area (Å²) in [5.41, 5.74) is 0.864. The molecule has 2 rings (SSSR count). The van der Waals surface area contributed by atoms with Crippen LogP contribution in [0.2, 0.25) is 0 Å². The number of hydrogen-bond donors (Lipinski definition) is 2. The molecule has 0 spiro atoms. The maximum atomic E-state index is 12.0. The van der Waals surface area contributed by atoms with Crippen LogP contribution in [0.25, 0.3) is 0 Å². The van der Waals surface area contributed by atoms with E-state index >= 15 is 0 Å². The zero-order valence-electron chi connectivity index (χ0n) is 10.9. The third-order valence-corrected chi connectivity index (χ3v) is 3.12. The van der Waals surface area contributed by atoms with E-state index in [4.69, 9.17) is 4.74 Å². The number of phenolic OH excluding ortho intramolecular Hbond substituents is 1. The lowest BCUT2D eigenvalue weighted by Gasteiger charge is -2.08. The molecular weight excluding hydrogens is 322 g/mol. The summed E-state index contributed by atoms with van der Waals surface area (Å²) in [6.07, 6.45) is 0. The fourth-order valence-corrected chi connectivity index (χ4v) is 2.05. The van der Waals surface area contributed by atoms with Crippen molar-refractivity contribution < 1.29 is 14.6 Å². The van der Waals surface area contributed by atoms with Crippen LogP contribution in [-0.4, -0.2) is 17.6 Å². The summed E-state index contributed by atoms with van der Waals surface area (Å²) in [6.45, 7) is 2.50. The van der Waals surface area contributed by atoms with Crippen molar-refractivity contribution in [3.8, 4) is 11.5 Å². The summed E-state index contributed by atoms with van der Waals surface area (Å²) >= 11 is 3.23. The van der Waals surface area contributed by atoms with Crippen molar-refractivity contribution in [3.05, 3.63) is 52.5 Å². The highest BCUT2D eigenvalue weighted by molar-refractivity contribution is 9.10. The van der Waals surface area contributed by atoms with Gasteiger partial charge < -0.3 is 15.2 Å². The van der Waals surface area contributed by atoms with E-state index in [1.54, 1.807) is 36.4 Å². The molecule has 0 aliphatic carbocycles. The molecule has 0 aromatic heterocycles. The molecule has 0 atom stereocenters. The van der Waals surface area contributed by atoms with Gasteiger partial charge in [0, 0.05) is 10.2 Å². The van der Waals surface area contributed by atoms with Gasteiger partial charge in [0.05, 0.1) is 12.2 Å². The van der Waals surface area contributed by atoms with Crippen LogP contribution in [0.4, 0.5) is 5.69 Å². The lowest BCUT2D eigenvalue weighted by atomic mass is 10.2. The zero-order chi connectivity index (χ0) is 14.5. The van der Waals surface area contributed by atoms with E-state index in [0.717, 1.165) is 5.75 Å². The number of carbonyl (C=O) groups excluding carboxylic acids is 1. The highest BCUT2D eigenvalue weighted by Crippen LogP contribution is 2.23. The Balaban J connectivity index is 2.11. The topological polar surface area (TPSA) is 58.6 Å². The number of hydrogen-bond acceptors (Lipinski definition) is 3. The van der Waals surface area contributed by atoms with Crippen molar-refractivity contribution in [2.24, 2.45) is 0 Å². The second-order valence-corrected chi connectivity index (χ2v) is 4.99. The predicted molar refractivity (Wildman–Crippen MR) is 81.4 cm³/mol. The minimum Gasteiger partial charge on any atom is -0.507 e. The maximum Gasteiger partial charge on any atom is 0.259 e. The van der Waals surface area contributed by atoms with E-state index in [2.05, 4.69) is 21.2 Å². The average molecular weight is 336 g/mol. The van der Waals surface area contributed by atoms with E-state index in [0.29, 0.717) is 16.8 Å². The lowest BCUT2D eigenvalue weighted by molar-refractivity contribution is 0.102. The zero-order valence-corrected chi connectivity index (χ0v) is 12.5. The molecule has 0 unspecified atom stereocenters. The molecule has 20 heavy (non-hydrogen) atoms. The van der Waals surface area contributed by atoms with Crippen LogP contribution in [0.1, 0.15) is 17.3 Å². The molecule has 2 aromatic carbocycles. The number of anilines is 1. The van der Waals surface area contributed by atoms with Crippen LogP contribution in [0.5, 0.6) is 11.5 Å². The second kappa shape index (κ2) is 6.43. The molecule has 2 N–H and O–H groups in total. The first kappa shape index (κ1) is 14.4. The Hall–Kier alpha value is -2.01. The van der Waals surface area contributed by atoms with Gasteiger partial charge in [-0.15, -0.1) is 0 Å². The minimum atomic E-state index is -0.362. The Morgan fingerprint density at radius 1 is 1.25 bits per heavy atom. The average Bonchev–Trinajstić information content (AvgIpc) is 2.41. The van der Waals surface area contributed by atoms with Crippen LogP contribution in [0.15, 0.2) is 46.9 Å². The molecule has 0 saturated heterocycles. The van der Waals surface area contributed by atoms with Crippen LogP contribution in [0, 0.1) is 0 Å². The second-order valence-electron chi connectivity index (χ2n) is 4.07. The van der Waals surface area contributed by atoms with Gasteiger partial charge >= 0.3 is 0 Å². The van der Waals surface area contributed by atoms with E-state index in [1.807, 2.05) is 6.92 Å². The van der Waals surface area contributed by atoms with Gasteiger partial charge in [-0.25, -0.2) is 0 Å². The smallest absolute Gasteiger partial charge is 0.259 e. The van der Waals surface area contributed by atoms with E-state index < -0.39 is 0 Å². The third-order valence-electron chi connectivity index (χ3n) is 2.63. The number of benzene rings is 2. The van der Waals surface area contributed by atoms with Gasteiger partial charge in [-0.2, -0.15) is 0 Å². The molecule has 4 nitrogen and oxygen atoms in total. The summed E-state index contributed by atoms with van der Waals surface area (Å²) in [7, 11) is 0. The number of rotatable bonds is 4. The summed E-state index contributed by atoms with van der Waals surface area (Å²) in [4.78, 5) is 12.0. The molecule has 0 bridgehead atoms. The number of carbonyl (C=O) groups is 1. The monoisotopic (exact) mass is 335 g/mol. The van der Waals surface area contributed by atoms with Gasteiger partial charge in [0.15, 0.2) is 0 Å². The van der Waals surface area contributed by atoms with Gasteiger partial charge in [-0.3, -0.25) is 4.79 Å². The number of ether oxygens (including phenoxy) is 1. The maximum absolute atomic E-state index is 12.0. The fourth-order valence-electron chi connectivity index (χ4n) is 1.70. The SMILES string of the molecule is CCOc1ccc(NC(=O)c2ccc(Br)cc2O)cc1. The van der Waals surface area contributed by atoms with Gasteiger partial charge in [0.2, 0.25) is 0 Å². The molecule has 0 aliphatic rings. The Bertz CT molecular complexity index is 611. The summed E-state index contributed by atoms with van der Waals surface area (Å²) < 4.78 is 6.04. The first-order valence-electron chi connectivity index (χ1n) is 6.13. The van der Waals surface area contributed by atoms with Crippen molar-refractivity contribution in [1.29, 1.82) is 0 Å². The number of halogens is 1. The Kier molecular flexibility index (Phi) is 4.63. The van der Waals surface area contributed by atoms with Gasteiger partial charge in [0.25, 0.3) is 5.91 Å². The van der Waals surface area contributed by atoms with Gasteiger partial charge in [-0.05, 0) is 49.4 Å². The fraction of sp³-hybridized carbons (Fsp3) is 0.133. The largest absolute Gasteiger partial charge is 0.507 e. The van der Waals surface area contributed by atoms with Crippen molar-refractivity contribution in [1.82, 2.24) is 0 Å². The summed E-state index contributed by atoms with van der Waals surface area (Å²) in [5.74, 6) is 0.318. The summed E-state index contributed by atoms with van der Waals surface area (Å²) in [6, 6.07) is 11.8. The first-order chi connectivity index (χ1) is 9.60. The Labute approximate surface area is 125 Å². The minimum absolute atomic E-state index is 0.0668. The molecular formula is C15H14BrNO3. The predicted octanol–water partition coefficient (Wildman–Crippen LogP) is 3.81. The van der Waals surface area contributed by atoms with Crippen molar-refractivity contribution in [2.75, 3.05) is 11.9 Å². The number of aromatic hydroxyl groups is 1.